The van der Waals surface area contributed by atoms with Gasteiger partial charge in [-0.3, -0.25) is 4.98 Å². The van der Waals surface area contributed by atoms with Gasteiger partial charge in [-0.25, -0.2) is 9.37 Å². The average molecular weight is 291 g/mol. The second-order valence-electron chi connectivity index (χ2n) is 6.07. The highest BCUT2D eigenvalue weighted by atomic mass is 32.1. The van der Waals surface area contributed by atoms with Crippen LogP contribution >= 0.6 is 11.3 Å². The molecule has 0 radical (unpaired) electrons. The zero-order valence-corrected chi connectivity index (χ0v) is 12.7. The minimum atomic E-state index is -0.307. The summed E-state index contributed by atoms with van der Waals surface area (Å²) in [6.07, 6.45) is 4.88. The van der Waals surface area contributed by atoms with Crippen LogP contribution in [-0.4, -0.2) is 17.0 Å². The second-order valence-corrected chi connectivity index (χ2v) is 7.10. The largest absolute Gasteiger partial charge is 0.312 e. The predicted octanol–water partition coefficient (Wildman–Crippen LogP) is 3.58. The number of hydrogen-bond acceptors (Lipinski definition) is 4. The molecule has 0 amide bonds. The molecule has 0 aliphatic heterocycles. The topological polar surface area (TPSA) is 37.8 Å². The van der Waals surface area contributed by atoms with Gasteiger partial charge in [0.2, 0.25) is 0 Å². The van der Waals surface area contributed by atoms with Gasteiger partial charge in [-0.05, 0) is 31.4 Å². The molecule has 0 saturated heterocycles. The van der Waals surface area contributed by atoms with E-state index in [1.165, 1.54) is 11.1 Å². The first-order chi connectivity index (χ1) is 9.50. The summed E-state index contributed by atoms with van der Waals surface area (Å²) in [5.41, 5.74) is 1.88. The van der Waals surface area contributed by atoms with Crippen molar-refractivity contribution in [2.24, 2.45) is 5.41 Å². The van der Waals surface area contributed by atoms with E-state index < -0.39 is 0 Å². The van der Waals surface area contributed by atoms with Crippen LogP contribution < -0.4 is 5.32 Å². The van der Waals surface area contributed by atoms with Gasteiger partial charge in [0.05, 0.1) is 11.9 Å². The molecule has 1 atom stereocenters. The molecule has 0 bridgehead atoms. The number of nitrogens with one attached hydrogen (secondary N) is 1. The molecule has 3 nitrogen and oxygen atoms in total. The van der Waals surface area contributed by atoms with Crippen LogP contribution in [0.15, 0.2) is 18.5 Å². The van der Waals surface area contributed by atoms with Crippen molar-refractivity contribution in [1.29, 1.82) is 0 Å². The van der Waals surface area contributed by atoms with Gasteiger partial charge in [0, 0.05) is 22.7 Å². The highest BCUT2D eigenvalue weighted by Gasteiger charge is 2.34. The Labute approximate surface area is 122 Å². The van der Waals surface area contributed by atoms with Gasteiger partial charge in [0.25, 0.3) is 0 Å². The first-order valence-electron chi connectivity index (χ1n) is 6.77. The third-order valence-electron chi connectivity index (χ3n) is 3.80. The average Bonchev–Trinajstić information content (AvgIpc) is 2.80. The Morgan fingerprint density at radius 2 is 2.25 bits per heavy atom. The van der Waals surface area contributed by atoms with Crippen molar-refractivity contribution >= 4 is 11.3 Å². The molecule has 2 heterocycles. The van der Waals surface area contributed by atoms with Gasteiger partial charge in [0.15, 0.2) is 5.82 Å². The molecule has 5 heteroatoms. The lowest BCUT2D eigenvalue weighted by molar-refractivity contribution is 0.265. The number of fused-ring (bicyclic) bond motifs is 1. The van der Waals surface area contributed by atoms with E-state index in [0.29, 0.717) is 11.6 Å². The highest BCUT2D eigenvalue weighted by Crippen LogP contribution is 2.44. The maximum atomic E-state index is 13.9. The van der Waals surface area contributed by atoms with Crippen LogP contribution in [0, 0.1) is 11.2 Å². The molecule has 1 N–H and O–H groups in total. The standard InChI is InChI=1S/C15H18FN3S/c1-15(2)6-11(17-3)13-12(7-15)19-14(20-13)9-4-5-18-8-10(9)16/h4-5,8,11,17H,6-7H2,1-3H3. The Morgan fingerprint density at radius 1 is 1.45 bits per heavy atom. The summed E-state index contributed by atoms with van der Waals surface area (Å²) >= 11 is 1.59. The molecular weight excluding hydrogens is 273 g/mol. The number of rotatable bonds is 2. The molecule has 1 aliphatic rings. The second kappa shape index (κ2) is 4.90. The minimum Gasteiger partial charge on any atom is -0.312 e. The van der Waals surface area contributed by atoms with Crippen LogP contribution in [0.2, 0.25) is 0 Å². The Morgan fingerprint density at radius 3 is 2.95 bits per heavy atom. The third-order valence-corrected chi connectivity index (χ3v) is 5.04. The number of pyridine rings is 1. The maximum absolute atomic E-state index is 13.9. The molecule has 20 heavy (non-hydrogen) atoms. The molecule has 1 aliphatic carbocycles. The molecule has 2 aromatic rings. The molecule has 1 unspecified atom stereocenters. The van der Waals surface area contributed by atoms with Crippen LogP contribution in [0.3, 0.4) is 0 Å². The number of hydrogen-bond donors (Lipinski definition) is 1. The van der Waals surface area contributed by atoms with E-state index in [0.717, 1.165) is 23.5 Å². The highest BCUT2D eigenvalue weighted by molar-refractivity contribution is 7.15. The minimum absolute atomic E-state index is 0.225. The molecule has 106 valence electrons. The summed E-state index contributed by atoms with van der Waals surface area (Å²) in [6, 6.07) is 2.00. The summed E-state index contributed by atoms with van der Waals surface area (Å²) < 4.78 is 13.9. The van der Waals surface area contributed by atoms with Crippen LogP contribution in [-0.2, 0) is 6.42 Å². The van der Waals surface area contributed by atoms with Crippen molar-refractivity contribution in [3.63, 3.8) is 0 Å². The molecule has 0 aromatic carbocycles. The van der Waals surface area contributed by atoms with E-state index in [1.54, 1.807) is 23.6 Å². The van der Waals surface area contributed by atoms with Crippen LogP contribution in [0.5, 0.6) is 0 Å². The summed E-state index contributed by atoms with van der Waals surface area (Å²) in [5.74, 6) is -0.307. The number of nitrogens with zero attached hydrogens (tertiary/aromatic N) is 2. The molecular formula is C15H18FN3S. The van der Waals surface area contributed by atoms with Crippen molar-refractivity contribution < 1.29 is 4.39 Å². The maximum Gasteiger partial charge on any atom is 0.151 e. The Hall–Kier alpha value is -1.33. The Kier molecular flexibility index (Phi) is 3.34. The summed E-state index contributed by atoms with van der Waals surface area (Å²) in [5, 5.41) is 4.12. The lowest BCUT2D eigenvalue weighted by Crippen LogP contribution is -2.30. The van der Waals surface area contributed by atoms with Gasteiger partial charge < -0.3 is 5.32 Å². The van der Waals surface area contributed by atoms with Gasteiger partial charge in [0.1, 0.15) is 5.01 Å². The molecule has 0 fully saturated rings. The van der Waals surface area contributed by atoms with E-state index in [-0.39, 0.29) is 11.2 Å². The summed E-state index contributed by atoms with van der Waals surface area (Å²) in [6.45, 7) is 4.51. The van der Waals surface area contributed by atoms with Crippen LogP contribution in [0.1, 0.15) is 36.9 Å². The first kappa shape index (κ1) is 13.6. The van der Waals surface area contributed by atoms with Crippen molar-refractivity contribution in [2.45, 2.75) is 32.7 Å². The number of halogens is 1. The predicted molar refractivity (Wildman–Crippen MR) is 79.2 cm³/mol. The quantitative estimate of drug-likeness (QED) is 0.919. The van der Waals surface area contributed by atoms with E-state index >= 15 is 0 Å². The fourth-order valence-corrected chi connectivity index (χ4v) is 4.05. The normalized spacial score (nSPS) is 20.7. The van der Waals surface area contributed by atoms with Gasteiger partial charge in [-0.15, -0.1) is 11.3 Å². The van der Waals surface area contributed by atoms with Gasteiger partial charge in [-0.2, -0.15) is 0 Å². The summed E-state index contributed by atoms with van der Waals surface area (Å²) in [4.78, 5) is 9.73. The molecule has 0 saturated carbocycles. The first-order valence-corrected chi connectivity index (χ1v) is 7.58. The van der Waals surface area contributed by atoms with Crippen molar-refractivity contribution in [1.82, 2.24) is 15.3 Å². The van der Waals surface area contributed by atoms with Crippen LogP contribution in [0.25, 0.3) is 10.6 Å². The molecule has 2 aromatic heterocycles. The van der Waals surface area contributed by atoms with Crippen molar-refractivity contribution in [2.75, 3.05) is 7.05 Å². The van der Waals surface area contributed by atoms with E-state index in [2.05, 4.69) is 29.1 Å². The zero-order valence-electron chi connectivity index (χ0n) is 11.9. The Bertz CT molecular complexity index is 636. The number of aromatic nitrogens is 2. The zero-order chi connectivity index (χ0) is 14.3. The SMILES string of the molecule is CNC1CC(C)(C)Cc2nc(-c3ccncc3F)sc21. The third kappa shape index (κ3) is 2.36. The fourth-order valence-electron chi connectivity index (χ4n) is 2.83. The lowest BCUT2D eigenvalue weighted by atomic mass is 9.76. The van der Waals surface area contributed by atoms with E-state index in [9.17, 15) is 4.39 Å². The van der Waals surface area contributed by atoms with Crippen LogP contribution in [0.4, 0.5) is 4.39 Å². The van der Waals surface area contributed by atoms with E-state index in [1.807, 2.05) is 7.05 Å². The lowest BCUT2D eigenvalue weighted by Gasteiger charge is -2.34. The van der Waals surface area contributed by atoms with Gasteiger partial charge >= 0.3 is 0 Å². The molecule has 0 spiro atoms. The van der Waals surface area contributed by atoms with Crippen molar-refractivity contribution in [3.05, 3.63) is 34.8 Å². The van der Waals surface area contributed by atoms with Gasteiger partial charge in [-0.1, -0.05) is 13.8 Å². The summed E-state index contributed by atoms with van der Waals surface area (Å²) in [7, 11) is 1.97. The monoisotopic (exact) mass is 291 g/mol. The smallest absolute Gasteiger partial charge is 0.151 e. The number of thiazole rings is 1. The molecule has 3 rings (SSSR count). The Balaban J connectivity index is 2.07. The van der Waals surface area contributed by atoms with Crippen molar-refractivity contribution in [3.8, 4) is 10.6 Å². The van der Waals surface area contributed by atoms with E-state index in [4.69, 9.17) is 0 Å². The fraction of sp³-hybridized carbons (Fsp3) is 0.467.